The van der Waals surface area contributed by atoms with Crippen molar-refractivity contribution in [2.75, 3.05) is 6.54 Å². The van der Waals surface area contributed by atoms with Crippen molar-refractivity contribution in [3.63, 3.8) is 0 Å². The van der Waals surface area contributed by atoms with Gasteiger partial charge in [0.1, 0.15) is 0 Å². The van der Waals surface area contributed by atoms with E-state index in [1.54, 1.807) is 0 Å². The molecule has 0 bridgehead atoms. The minimum absolute atomic E-state index is 0.260. The summed E-state index contributed by atoms with van der Waals surface area (Å²) < 4.78 is 1.12. The van der Waals surface area contributed by atoms with Gasteiger partial charge in [-0.1, -0.05) is 22.0 Å². The summed E-state index contributed by atoms with van der Waals surface area (Å²) in [7, 11) is 0. The molecule has 3 nitrogen and oxygen atoms in total. The van der Waals surface area contributed by atoms with Gasteiger partial charge in [-0.2, -0.15) is 0 Å². The average molecular weight is 311 g/mol. The zero-order valence-corrected chi connectivity index (χ0v) is 12.4. The summed E-state index contributed by atoms with van der Waals surface area (Å²) in [5.41, 5.74) is 7.62. The third kappa shape index (κ3) is 2.75. The van der Waals surface area contributed by atoms with Crippen LogP contribution in [0, 0.1) is 5.41 Å². The van der Waals surface area contributed by atoms with Gasteiger partial charge in [-0.25, -0.2) is 0 Å². The molecular formula is C14H19BrN2O. The van der Waals surface area contributed by atoms with Gasteiger partial charge in [0.2, 0.25) is 5.91 Å². The second-order valence-electron chi connectivity index (χ2n) is 5.56. The molecule has 1 aromatic rings. The fourth-order valence-corrected chi connectivity index (χ4v) is 2.67. The van der Waals surface area contributed by atoms with Gasteiger partial charge in [0.25, 0.3) is 0 Å². The molecule has 18 heavy (non-hydrogen) atoms. The number of carbonyl (C=O) groups excluding carboxylic acids is 1. The Bertz CT molecular complexity index is 471. The number of benzene rings is 1. The molecule has 0 heterocycles. The molecule has 0 aromatic heterocycles. The number of aryl methyl sites for hydroxylation is 1. The van der Waals surface area contributed by atoms with E-state index >= 15 is 0 Å². The lowest BCUT2D eigenvalue weighted by Gasteiger charge is -2.24. The van der Waals surface area contributed by atoms with Gasteiger partial charge in [0.15, 0.2) is 0 Å². The molecule has 1 aliphatic carbocycles. The van der Waals surface area contributed by atoms with Crippen LogP contribution in [-0.2, 0) is 11.2 Å². The highest BCUT2D eigenvalue weighted by atomic mass is 79.9. The van der Waals surface area contributed by atoms with Crippen LogP contribution in [-0.4, -0.2) is 12.5 Å². The van der Waals surface area contributed by atoms with E-state index in [2.05, 4.69) is 39.4 Å². The topological polar surface area (TPSA) is 55.1 Å². The molecule has 0 unspecified atom stereocenters. The molecule has 0 saturated carbocycles. The molecule has 0 aliphatic heterocycles. The quantitative estimate of drug-likeness (QED) is 0.898. The van der Waals surface area contributed by atoms with E-state index in [0.29, 0.717) is 12.6 Å². The first-order valence-corrected chi connectivity index (χ1v) is 7.01. The lowest BCUT2D eigenvalue weighted by Crippen LogP contribution is -2.41. The van der Waals surface area contributed by atoms with E-state index < -0.39 is 5.41 Å². The smallest absolute Gasteiger partial charge is 0.224 e. The van der Waals surface area contributed by atoms with Gasteiger partial charge in [0, 0.05) is 17.1 Å². The second-order valence-corrected chi connectivity index (χ2v) is 6.48. The summed E-state index contributed by atoms with van der Waals surface area (Å²) in [6, 6.07) is 6.74. The van der Waals surface area contributed by atoms with Gasteiger partial charge in [-0.05, 0) is 49.9 Å². The fourth-order valence-electron chi connectivity index (χ4n) is 2.26. The Hall–Kier alpha value is -0.870. The van der Waals surface area contributed by atoms with Crippen molar-refractivity contribution in [1.29, 1.82) is 0 Å². The number of primary amides is 1. The molecule has 4 heteroatoms. The highest BCUT2D eigenvalue weighted by molar-refractivity contribution is 9.10. The first-order chi connectivity index (χ1) is 8.40. The number of hydrogen-bond donors (Lipinski definition) is 2. The Morgan fingerprint density at radius 2 is 2.28 bits per heavy atom. The van der Waals surface area contributed by atoms with Crippen LogP contribution in [0.15, 0.2) is 22.7 Å². The zero-order chi connectivity index (χ0) is 13.3. The van der Waals surface area contributed by atoms with E-state index in [-0.39, 0.29) is 5.91 Å². The summed E-state index contributed by atoms with van der Waals surface area (Å²) >= 11 is 3.49. The number of nitrogens with two attached hydrogens (primary N) is 1. The first kappa shape index (κ1) is 13.6. The lowest BCUT2D eigenvalue weighted by atomic mass is 9.92. The molecule has 1 amide bonds. The molecule has 0 radical (unpaired) electrons. The molecule has 0 fully saturated rings. The van der Waals surface area contributed by atoms with Gasteiger partial charge in [-0.3, -0.25) is 4.79 Å². The molecule has 1 aromatic carbocycles. The predicted octanol–water partition coefficient (Wildman–Crippen LogP) is 2.54. The first-order valence-electron chi connectivity index (χ1n) is 6.22. The number of rotatable bonds is 4. The van der Waals surface area contributed by atoms with Gasteiger partial charge in [0.05, 0.1) is 5.41 Å². The maximum atomic E-state index is 11.3. The Labute approximate surface area is 116 Å². The average Bonchev–Trinajstić information content (AvgIpc) is 2.68. The molecule has 3 N–H and O–H groups in total. The third-order valence-corrected chi connectivity index (χ3v) is 4.13. The Balaban J connectivity index is 2.04. The van der Waals surface area contributed by atoms with Crippen molar-refractivity contribution in [3.8, 4) is 0 Å². The number of carbonyl (C=O) groups is 1. The summed E-state index contributed by atoms with van der Waals surface area (Å²) in [6.07, 6.45) is 2.17. The molecule has 0 saturated heterocycles. The summed E-state index contributed by atoms with van der Waals surface area (Å²) in [4.78, 5) is 11.3. The van der Waals surface area contributed by atoms with Crippen LogP contribution in [0.25, 0.3) is 0 Å². The molecule has 98 valence electrons. The molecule has 2 rings (SSSR count). The SMILES string of the molecule is CC(C)(CN[C@@H]1CCc2cc(Br)ccc21)C(N)=O. The van der Waals surface area contributed by atoms with Crippen molar-refractivity contribution < 1.29 is 4.79 Å². The Kier molecular flexibility index (Phi) is 3.78. The zero-order valence-electron chi connectivity index (χ0n) is 10.8. The van der Waals surface area contributed by atoms with Crippen LogP contribution in [0.2, 0.25) is 0 Å². The van der Waals surface area contributed by atoms with E-state index in [4.69, 9.17) is 5.73 Å². The minimum atomic E-state index is -0.502. The minimum Gasteiger partial charge on any atom is -0.369 e. The van der Waals surface area contributed by atoms with Crippen molar-refractivity contribution in [3.05, 3.63) is 33.8 Å². The summed E-state index contributed by atoms with van der Waals surface area (Å²) in [6.45, 7) is 4.36. The van der Waals surface area contributed by atoms with Gasteiger partial charge >= 0.3 is 0 Å². The van der Waals surface area contributed by atoms with E-state index in [9.17, 15) is 4.79 Å². The van der Waals surface area contributed by atoms with E-state index in [1.165, 1.54) is 11.1 Å². The van der Waals surface area contributed by atoms with E-state index in [0.717, 1.165) is 17.3 Å². The lowest BCUT2D eigenvalue weighted by molar-refractivity contribution is -0.125. The third-order valence-electron chi connectivity index (χ3n) is 3.64. The van der Waals surface area contributed by atoms with Crippen molar-refractivity contribution in [2.24, 2.45) is 11.1 Å². The van der Waals surface area contributed by atoms with Crippen LogP contribution >= 0.6 is 15.9 Å². The Morgan fingerprint density at radius 1 is 1.56 bits per heavy atom. The number of nitrogens with one attached hydrogen (secondary N) is 1. The molecular weight excluding hydrogens is 292 g/mol. The fraction of sp³-hybridized carbons (Fsp3) is 0.500. The maximum absolute atomic E-state index is 11.3. The van der Waals surface area contributed by atoms with E-state index in [1.807, 2.05) is 13.8 Å². The molecule has 1 atom stereocenters. The van der Waals surface area contributed by atoms with Crippen LogP contribution < -0.4 is 11.1 Å². The molecule has 1 aliphatic rings. The van der Waals surface area contributed by atoms with Crippen molar-refractivity contribution in [1.82, 2.24) is 5.32 Å². The Morgan fingerprint density at radius 3 is 2.94 bits per heavy atom. The monoisotopic (exact) mass is 310 g/mol. The number of hydrogen-bond acceptors (Lipinski definition) is 2. The standard InChI is InChI=1S/C14H19BrN2O/c1-14(2,13(16)18)8-17-12-6-3-9-7-10(15)4-5-11(9)12/h4-5,7,12,17H,3,6,8H2,1-2H3,(H2,16,18)/t12-/m1/s1. The second kappa shape index (κ2) is 5.02. The van der Waals surface area contributed by atoms with Crippen molar-refractivity contribution >= 4 is 21.8 Å². The van der Waals surface area contributed by atoms with Crippen molar-refractivity contribution in [2.45, 2.75) is 32.7 Å². The number of fused-ring (bicyclic) bond motifs is 1. The highest BCUT2D eigenvalue weighted by Gasteiger charge is 2.28. The number of amides is 1. The van der Waals surface area contributed by atoms with Crippen LogP contribution in [0.3, 0.4) is 0 Å². The predicted molar refractivity (Wildman–Crippen MR) is 76.2 cm³/mol. The maximum Gasteiger partial charge on any atom is 0.224 e. The summed E-state index contributed by atoms with van der Waals surface area (Å²) in [5.74, 6) is -0.260. The van der Waals surface area contributed by atoms with Crippen LogP contribution in [0.5, 0.6) is 0 Å². The van der Waals surface area contributed by atoms with Crippen LogP contribution in [0.1, 0.15) is 37.4 Å². The number of halogens is 1. The van der Waals surface area contributed by atoms with Gasteiger partial charge in [-0.15, -0.1) is 0 Å². The molecule has 0 spiro atoms. The van der Waals surface area contributed by atoms with Crippen LogP contribution in [0.4, 0.5) is 0 Å². The highest BCUT2D eigenvalue weighted by Crippen LogP contribution is 2.33. The largest absolute Gasteiger partial charge is 0.369 e. The summed E-state index contributed by atoms with van der Waals surface area (Å²) in [5, 5.41) is 3.46. The normalized spacial score (nSPS) is 18.7. The van der Waals surface area contributed by atoms with Gasteiger partial charge < -0.3 is 11.1 Å².